The summed E-state index contributed by atoms with van der Waals surface area (Å²) >= 11 is 0. The van der Waals surface area contributed by atoms with Crippen molar-refractivity contribution in [1.29, 1.82) is 0 Å². The van der Waals surface area contributed by atoms with Crippen molar-refractivity contribution in [1.82, 2.24) is 0 Å². The maximum absolute atomic E-state index is 11.6. The normalized spacial score (nSPS) is 11.4. The van der Waals surface area contributed by atoms with Crippen LogP contribution in [-0.4, -0.2) is 24.1 Å². The summed E-state index contributed by atoms with van der Waals surface area (Å²) in [5.74, 6) is -0.592. The zero-order valence-corrected chi connectivity index (χ0v) is 10.8. The van der Waals surface area contributed by atoms with E-state index in [0.717, 1.165) is 0 Å². The maximum Gasteiger partial charge on any atom is 0.350 e. The fourth-order valence-corrected chi connectivity index (χ4v) is 0.998. The van der Waals surface area contributed by atoms with Crippen molar-refractivity contribution in [3.8, 4) is 0 Å². The fraction of sp³-hybridized carbons (Fsp3) is 0.833. The molecule has 4 heteroatoms. The van der Waals surface area contributed by atoms with E-state index in [2.05, 4.69) is 0 Å². The predicted molar refractivity (Wildman–Crippen MR) is 60.9 cm³/mol. The largest absolute Gasteiger partial charge is 0.462 e. The third-order valence-electron chi connectivity index (χ3n) is 1.86. The van der Waals surface area contributed by atoms with Crippen molar-refractivity contribution in [3.63, 3.8) is 0 Å². The standard InChI is InChI=1S/C12H22O4/c1-6-7-10(13)16-12(4,5)11(14)15-8-9(2)3/h9H,6-8H2,1-5H3. The molecule has 0 saturated carbocycles. The summed E-state index contributed by atoms with van der Waals surface area (Å²) in [5.41, 5.74) is -1.19. The molecule has 0 N–H and O–H groups in total. The lowest BCUT2D eigenvalue weighted by molar-refractivity contribution is -0.179. The highest BCUT2D eigenvalue weighted by Crippen LogP contribution is 2.14. The summed E-state index contributed by atoms with van der Waals surface area (Å²) in [5, 5.41) is 0. The number of carbonyl (C=O) groups is 2. The Morgan fingerprint density at radius 1 is 1.25 bits per heavy atom. The van der Waals surface area contributed by atoms with Crippen LogP contribution >= 0.6 is 0 Å². The summed E-state index contributed by atoms with van der Waals surface area (Å²) in [6.45, 7) is 9.21. The minimum Gasteiger partial charge on any atom is -0.462 e. The third-order valence-corrected chi connectivity index (χ3v) is 1.86. The van der Waals surface area contributed by atoms with Crippen molar-refractivity contribution >= 4 is 11.9 Å². The molecule has 0 atom stereocenters. The van der Waals surface area contributed by atoms with Crippen molar-refractivity contribution < 1.29 is 19.1 Å². The van der Waals surface area contributed by atoms with Crippen molar-refractivity contribution in [2.24, 2.45) is 5.92 Å². The number of carbonyl (C=O) groups excluding carboxylic acids is 2. The number of esters is 2. The molecule has 0 aliphatic carbocycles. The summed E-state index contributed by atoms with van der Waals surface area (Å²) in [6.07, 6.45) is 1.02. The molecule has 0 aromatic carbocycles. The Kier molecular flexibility index (Phi) is 6.08. The van der Waals surface area contributed by atoms with Gasteiger partial charge in [-0.1, -0.05) is 20.8 Å². The number of hydrogen-bond acceptors (Lipinski definition) is 4. The Morgan fingerprint density at radius 2 is 1.81 bits per heavy atom. The van der Waals surface area contributed by atoms with Crippen molar-refractivity contribution in [2.75, 3.05) is 6.61 Å². The Balaban J connectivity index is 4.19. The minimum atomic E-state index is -1.19. The van der Waals surface area contributed by atoms with Gasteiger partial charge in [-0.2, -0.15) is 0 Å². The molecule has 0 unspecified atom stereocenters. The van der Waals surface area contributed by atoms with E-state index in [1.54, 1.807) is 13.8 Å². The van der Waals surface area contributed by atoms with E-state index in [1.165, 1.54) is 0 Å². The zero-order valence-electron chi connectivity index (χ0n) is 10.8. The van der Waals surface area contributed by atoms with Crippen LogP contribution in [0.4, 0.5) is 0 Å². The highest BCUT2D eigenvalue weighted by Gasteiger charge is 2.33. The first kappa shape index (κ1) is 14.9. The van der Waals surface area contributed by atoms with Gasteiger partial charge >= 0.3 is 11.9 Å². The Morgan fingerprint density at radius 3 is 2.25 bits per heavy atom. The molecule has 0 aromatic rings. The molecule has 16 heavy (non-hydrogen) atoms. The molecule has 4 nitrogen and oxygen atoms in total. The zero-order chi connectivity index (χ0) is 12.8. The van der Waals surface area contributed by atoms with E-state index in [4.69, 9.17) is 9.47 Å². The Labute approximate surface area is 97.3 Å². The van der Waals surface area contributed by atoms with Gasteiger partial charge in [-0.25, -0.2) is 4.79 Å². The van der Waals surface area contributed by atoms with E-state index in [1.807, 2.05) is 20.8 Å². The molecule has 0 rings (SSSR count). The van der Waals surface area contributed by atoms with Crippen LogP contribution < -0.4 is 0 Å². The van der Waals surface area contributed by atoms with Gasteiger partial charge in [0.25, 0.3) is 0 Å². The first-order chi connectivity index (χ1) is 7.29. The summed E-state index contributed by atoms with van der Waals surface area (Å²) in [6, 6.07) is 0. The van der Waals surface area contributed by atoms with Gasteiger partial charge in [0.05, 0.1) is 6.61 Å². The van der Waals surface area contributed by atoms with E-state index >= 15 is 0 Å². The van der Waals surface area contributed by atoms with Crippen LogP contribution in [0.15, 0.2) is 0 Å². The van der Waals surface area contributed by atoms with E-state index < -0.39 is 11.6 Å². The van der Waals surface area contributed by atoms with Gasteiger partial charge in [-0.15, -0.1) is 0 Å². The smallest absolute Gasteiger partial charge is 0.350 e. The van der Waals surface area contributed by atoms with Gasteiger partial charge in [0.15, 0.2) is 0 Å². The van der Waals surface area contributed by atoms with Crippen LogP contribution in [0.2, 0.25) is 0 Å². The summed E-state index contributed by atoms with van der Waals surface area (Å²) in [4.78, 5) is 22.9. The lowest BCUT2D eigenvalue weighted by Gasteiger charge is -2.23. The lowest BCUT2D eigenvalue weighted by Crippen LogP contribution is -2.39. The molecular formula is C12H22O4. The molecule has 0 radical (unpaired) electrons. The minimum absolute atomic E-state index is 0.270. The lowest BCUT2D eigenvalue weighted by atomic mass is 10.1. The molecule has 94 valence electrons. The first-order valence-electron chi connectivity index (χ1n) is 5.68. The van der Waals surface area contributed by atoms with Gasteiger partial charge in [0, 0.05) is 6.42 Å². The molecule has 0 aromatic heterocycles. The topological polar surface area (TPSA) is 52.6 Å². The molecular weight excluding hydrogens is 208 g/mol. The fourth-order valence-electron chi connectivity index (χ4n) is 0.998. The van der Waals surface area contributed by atoms with Crippen LogP contribution in [0.1, 0.15) is 47.5 Å². The average Bonchev–Trinajstić information content (AvgIpc) is 2.13. The van der Waals surface area contributed by atoms with Crippen molar-refractivity contribution in [2.45, 2.75) is 53.1 Å². The Hall–Kier alpha value is -1.06. The molecule has 0 bridgehead atoms. The second-order valence-electron chi connectivity index (χ2n) is 4.73. The summed E-state index contributed by atoms with van der Waals surface area (Å²) in [7, 11) is 0. The molecule has 0 saturated heterocycles. The Bertz CT molecular complexity index is 243. The maximum atomic E-state index is 11.6. The van der Waals surface area contributed by atoms with Gasteiger partial charge < -0.3 is 9.47 Å². The summed E-state index contributed by atoms with van der Waals surface area (Å²) < 4.78 is 10.1. The van der Waals surface area contributed by atoms with Crippen LogP contribution in [0, 0.1) is 5.92 Å². The quantitative estimate of drug-likeness (QED) is 0.657. The van der Waals surface area contributed by atoms with Crippen LogP contribution in [0.25, 0.3) is 0 Å². The van der Waals surface area contributed by atoms with E-state index in [9.17, 15) is 9.59 Å². The van der Waals surface area contributed by atoms with Crippen LogP contribution in [0.5, 0.6) is 0 Å². The highest BCUT2D eigenvalue weighted by molar-refractivity contribution is 5.82. The molecule has 0 amide bonds. The van der Waals surface area contributed by atoms with Gasteiger partial charge in [0.2, 0.25) is 5.60 Å². The van der Waals surface area contributed by atoms with Gasteiger partial charge in [-0.3, -0.25) is 4.79 Å². The molecule has 0 fully saturated rings. The van der Waals surface area contributed by atoms with E-state index in [-0.39, 0.29) is 11.9 Å². The predicted octanol–water partition coefficient (Wildman–Crippen LogP) is 2.31. The molecule has 0 aliphatic rings. The van der Waals surface area contributed by atoms with Crippen molar-refractivity contribution in [3.05, 3.63) is 0 Å². The second kappa shape index (κ2) is 6.51. The number of ether oxygens (including phenoxy) is 2. The van der Waals surface area contributed by atoms with Gasteiger partial charge in [-0.05, 0) is 26.2 Å². The number of rotatable bonds is 6. The molecule has 0 aliphatic heterocycles. The highest BCUT2D eigenvalue weighted by atomic mass is 16.6. The van der Waals surface area contributed by atoms with Crippen LogP contribution in [-0.2, 0) is 19.1 Å². The SMILES string of the molecule is CCCC(=O)OC(C)(C)C(=O)OCC(C)C. The third kappa shape index (κ3) is 5.73. The molecule has 0 heterocycles. The number of hydrogen-bond donors (Lipinski definition) is 0. The second-order valence-corrected chi connectivity index (χ2v) is 4.73. The molecule has 0 spiro atoms. The average molecular weight is 230 g/mol. The van der Waals surface area contributed by atoms with Gasteiger partial charge in [0.1, 0.15) is 0 Å². The first-order valence-corrected chi connectivity index (χ1v) is 5.68. The van der Waals surface area contributed by atoms with Crippen LogP contribution in [0.3, 0.4) is 0 Å². The van der Waals surface area contributed by atoms with E-state index in [0.29, 0.717) is 19.4 Å². The monoisotopic (exact) mass is 230 g/mol.